The number of rotatable bonds is 11. The first-order valence-electron chi connectivity index (χ1n) is 11.6. The van der Waals surface area contributed by atoms with Crippen LogP contribution in [0.5, 0.6) is 5.75 Å². The van der Waals surface area contributed by atoms with Crippen molar-refractivity contribution in [1.29, 1.82) is 0 Å². The van der Waals surface area contributed by atoms with Gasteiger partial charge in [-0.2, -0.15) is 0 Å². The van der Waals surface area contributed by atoms with Gasteiger partial charge in [0, 0.05) is 17.8 Å². The van der Waals surface area contributed by atoms with Crippen LogP contribution in [-0.2, 0) is 4.79 Å². The lowest BCUT2D eigenvalue weighted by molar-refractivity contribution is -0.118. The van der Waals surface area contributed by atoms with Crippen molar-refractivity contribution in [3.63, 3.8) is 0 Å². The first-order valence-corrected chi connectivity index (χ1v) is 12.0. The monoisotopic (exact) mass is 521 g/mol. The number of carbonyl (C=O) groups is 3. The van der Waals surface area contributed by atoms with Crippen LogP contribution in [-0.4, -0.2) is 36.2 Å². The number of allylic oxidation sites excluding steroid dienone is 1. The third kappa shape index (κ3) is 7.85. The van der Waals surface area contributed by atoms with Gasteiger partial charge in [0.25, 0.3) is 0 Å². The Morgan fingerprint density at radius 1 is 1.03 bits per heavy atom. The van der Waals surface area contributed by atoms with E-state index >= 15 is 0 Å². The summed E-state index contributed by atoms with van der Waals surface area (Å²) < 4.78 is 5.71. The number of nitrogens with zero attached hydrogens (tertiary/aromatic N) is 1. The van der Waals surface area contributed by atoms with Gasteiger partial charge < -0.3 is 25.4 Å². The minimum Gasteiger partial charge on any atom is -0.492 e. The lowest BCUT2D eigenvalue weighted by Gasteiger charge is -2.24. The van der Waals surface area contributed by atoms with Crippen molar-refractivity contribution in [3.8, 4) is 5.75 Å². The van der Waals surface area contributed by atoms with E-state index in [0.29, 0.717) is 29.2 Å². The molecule has 3 aromatic rings. The van der Waals surface area contributed by atoms with Gasteiger partial charge in [0.1, 0.15) is 12.4 Å². The summed E-state index contributed by atoms with van der Waals surface area (Å²) in [6.45, 7) is 5.96. The normalized spacial score (nSPS) is 10.3. The molecule has 0 unspecified atom stereocenters. The molecule has 3 amide bonds. The highest BCUT2D eigenvalue weighted by Gasteiger charge is 2.17. The number of amides is 3. The van der Waals surface area contributed by atoms with Gasteiger partial charge in [0.15, 0.2) is 0 Å². The largest absolute Gasteiger partial charge is 0.492 e. The Hall–Kier alpha value is -4.30. The maximum atomic E-state index is 12.9. The molecule has 192 valence electrons. The number of urea groups is 1. The number of halogens is 1. The van der Waals surface area contributed by atoms with E-state index in [2.05, 4.69) is 17.2 Å². The first-order chi connectivity index (χ1) is 17.8. The van der Waals surface area contributed by atoms with Crippen LogP contribution in [0.1, 0.15) is 28.8 Å². The molecule has 0 atom stereocenters. The van der Waals surface area contributed by atoms with E-state index < -0.39 is 12.0 Å². The fourth-order valence-electron chi connectivity index (χ4n) is 3.47. The SMILES string of the molecule is C=CCCC(=O)N(CCOc1ccc(C(=O)O)cc1)c1ccc(NC(=O)Nc2ccccc2C)c(Cl)c1. The smallest absolute Gasteiger partial charge is 0.335 e. The Morgan fingerprint density at radius 2 is 1.73 bits per heavy atom. The Morgan fingerprint density at radius 3 is 2.38 bits per heavy atom. The third-order valence-corrected chi connectivity index (χ3v) is 5.77. The van der Waals surface area contributed by atoms with E-state index in [9.17, 15) is 14.4 Å². The second-order valence-electron chi connectivity index (χ2n) is 8.11. The van der Waals surface area contributed by atoms with Gasteiger partial charge >= 0.3 is 12.0 Å². The summed E-state index contributed by atoms with van der Waals surface area (Å²) >= 11 is 6.46. The van der Waals surface area contributed by atoms with Gasteiger partial charge in [0.05, 0.1) is 22.8 Å². The molecule has 0 saturated carbocycles. The zero-order valence-corrected chi connectivity index (χ0v) is 21.1. The highest BCUT2D eigenvalue weighted by atomic mass is 35.5. The van der Waals surface area contributed by atoms with Gasteiger partial charge in [-0.3, -0.25) is 4.79 Å². The fraction of sp³-hybridized carbons (Fsp3) is 0.179. The maximum Gasteiger partial charge on any atom is 0.335 e. The van der Waals surface area contributed by atoms with E-state index in [-0.39, 0.29) is 36.1 Å². The molecule has 3 N–H and O–H groups in total. The number of hydrogen-bond donors (Lipinski definition) is 3. The fourth-order valence-corrected chi connectivity index (χ4v) is 3.69. The van der Waals surface area contributed by atoms with Gasteiger partial charge in [-0.1, -0.05) is 35.9 Å². The number of carboxylic acids is 1. The van der Waals surface area contributed by atoms with Gasteiger partial charge in [-0.15, -0.1) is 6.58 Å². The van der Waals surface area contributed by atoms with Crippen molar-refractivity contribution in [2.75, 3.05) is 28.7 Å². The predicted molar refractivity (Wildman–Crippen MR) is 146 cm³/mol. The molecular formula is C28H28ClN3O5. The van der Waals surface area contributed by atoms with E-state index in [0.717, 1.165) is 5.56 Å². The number of ether oxygens (including phenoxy) is 1. The average Bonchev–Trinajstić information content (AvgIpc) is 2.88. The van der Waals surface area contributed by atoms with E-state index in [1.165, 1.54) is 12.1 Å². The van der Waals surface area contributed by atoms with Gasteiger partial charge in [-0.05, 0) is 67.4 Å². The lowest BCUT2D eigenvalue weighted by atomic mass is 10.2. The minimum atomic E-state index is -1.02. The van der Waals surface area contributed by atoms with Crippen molar-refractivity contribution in [2.24, 2.45) is 0 Å². The molecule has 3 rings (SSSR count). The molecule has 0 fully saturated rings. The molecule has 9 heteroatoms. The summed E-state index contributed by atoms with van der Waals surface area (Å²) in [4.78, 5) is 37.9. The molecule has 0 aliphatic carbocycles. The first kappa shape index (κ1) is 27.3. The van der Waals surface area contributed by atoms with Crippen LogP contribution in [0.4, 0.5) is 21.9 Å². The number of benzene rings is 3. The molecule has 0 heterocycles. The van der Waals surface area contributed by atoms with Crippen molar-refractivity contribution in [2.45, 2.75) is 19.8 Å². The van der Waals surface area contributed by atoms with Crippen molar-refractivity contribution >= 4 is 46.6 Å². The van der Waals surface area contributed by atoms with Gasteiger partial charge in [-0.25, -0.2) is 9.59 Å². The molecule has 0 aliphatic heterocycles. The third-order valence-electron chi connectivity index (χ3n) is 5.45. The molecule has 37 heavy (non-hydrogen) atoms. The molecule has 0 saturated heterocycles. The molecule has 0 radical (unpaired) electrons. The standard InChI is InChI=1S/C28H28ClN3O5/c1-3-4-9-26(33)32(16-17-37-22-13-10-20(11-14-22)27(34)35)21-12-15-25(23(29)18-21)31-28(36)30-24-8-6-5-7-19(24)2/h3,5-8,10-15,18H,1,4,9,16-17H2,2H3,(H,34,35)(H2,30,31,36). The number of aryl methyl sites for hydroxylation is 1. The van der Waals surface area contributed by atoms with Gasteiger partial charge in [0.2, 0.25) is 5.91 Å². The van der Waals surface area contributed by atoms with Crippen LogP contribution in [0.25, 0.3) is 0 Å². The number of hydrogen-bond acceptors (Lipinski definition) is 4. The summed E-state index contributed by atoms with van der Waals surface area (Å²) in [6, 6.07) is 17.9. The Labute approximate surface area is 220 Å². The highest BCUT2D eigenvalue weighted by Crippen LogP contribution is 2.28. The zero-order chi connectivity index (χ0) is 26.8. The van der Waals surface area contributed by atoms with Crippen LogP contribution in [0.3, 0.4) is 0 Å². The topological polar surface area (TPSA) is 108 Å². The second-order valence-corrected chi connectivity index (χ2v) is 8.52. The van der Waals surface area contributed by atoms with Crippen molar-refractivity contribution < 1.29 is 24.2 Å². The number of para-hydroxylation sites is 1. The summed E-state index contributed by atoms with van der Waals surface area (Å²) in [6.07, 6.45) is 2.44. The predicted octanol–water partition coefficient (Wildman–Crippen LogP) is 6.37. The summed E-state index contributed by atoms with van der Waals surface area (Å²) in [5.74, 6) is -0.674. The molecular weight excluding hydrogens is 494 g/mol. The minimum absolute atomic E-state index is 0.140. The van der Waals surface area contributed by atoms with Crippen LogP contribution in [0, 0.1) is 6.92 Å². The molecule has 0 aliphatic rings. The molecule has 8 nitrogen and oxygen atoms in total. The number of carboxylic acid groups (broad SMARTS) is 1. The molecule has 0 spiro atoms. The molecule has 0 bridgehead atoms. The summed E-state index contributed by atoms with van der Waals surface area (Å²) in [5.41, 5.74) is 2.71. The van der Waals surface area contributed by atoms with Crippen LogP contribution in [0.15, 0.2) is 79.4 Å². The van der Waals surface area contributed by atoms with E-state index in [1.54, 1.807) is 47.4 Å². The maximum absolute atomic E-state index is 12.9. The van der Waals surface area contributed by atoms with E-state index in [1.807, 2.05) is 25.1 Å². The Balaban J connectivity index is 1.69. The van der Waals surface area contributed by atoms with Crippen LogP contribution >= 0.6 is 11.6 Å². The van der Waals surface area contributed by atoms with E-state index in [4.69, 9.17) is 21.4 Å². The van der Waals surface area contributed by atoms with Crippen LogP contribution in [0.2, 0.25) is 5.02 Å². The Bertz CT molecular complexity index is 1280. The number of anilines is 3. The number of nitrogens with one attached hydrogen (secondary N) is 2. The van der Waals surface area contributed by atoms with Crippen molar-refractivity contribution in [3.05, 3.63) is 95.5 Å². The summed E-state index contributed by atoms with van der Waals surface area (Å²) in [5, 5.41) is 14.8. The number of carbonyl (C=O) groups excluding carboxylic acids is 2. The second kappa shape index (κ2) is 13.1. The van der Waals surface area contributed by atoms with Crippen LogP contribution < -0.4 is 20.3 Å². The number of aromatic carboxylic acids is 1. The highest BCUT2D eigenvalue weighted by molar-refractivity contribution is 6.34. The Kier molecular flexibility index (Phi) is 9.69. The molecule has 0 aromatic heterocycles. The average molecular weight is 522 g/mol. The van der Waals surface area contributed by atoms with Crippen molar-refractivity contribution in [1.82, 2.24) is 0 Å². The molecule has 3 aromatic carbocycles. The lowest BCUT2D eigenvalue weighted by Crippen LogP contribution is -2.34. The quantitative estimate of drug-likeness (QED) is 0.254. The zero-order valence-electron chi connectivity index (χ0n) is 20.4. The summed E-state index contributed by atoms with van der Waals surface area (Å²) in [7, 11) is 0.